The predicted octanol–water partition coefficient (Wildman–Crippen LogP) is 5.40. The number of methoxy groups -OCH3 is 1. The number of rotatable bonds is 7. The first-order chi connectivity index (χ1) is 14.4. The van der Waals surface area contributed by atoms with Crippen LogP contribution in [0.25, 0.3) is 11.1 Å². The smallest absolute Gasteiger partial charge is 0.341 e. The lowest BCUT2D eigenvalue weighted by Crippen LogP contribution is -2.21. The SMILES string of the molecule is CCc1ccc(-c2csc(NC(=O)COc3c(C)cccc3C)c2C(=O)OC)cc1. The van der Waals surface area contributed by atoms with Crippen LogP contribution in [0.3, 0.4) is 0 Å². The van der Waals surface area contributed by atoms with Crippen molar-refractivity contribution in [1.82, 2.24) is 0 Å². The van der Waals surface area contributed by atoms with Gasteiger partial charge >= 0.3 is 5.97 Å². The molecule has 0 saturated carbocycles. The molecule has 1 N–H and O–H groups in total. The Morgan fingerprint density at radius 3 is 2.30 bits per heavy atom. The third-order valence-corrected chi connectivity index (χ3v) is 5.76. The van der Waals surface area contributed by atoms with E-state index in [9.17, 15) is 9.59 Å². The van der Waals surface area contributed by atoms with Crippen molar-refractivity contribution in [2.24, 2.45) is 0 Å². The van der Waals surface area contributed by atoms with Crippen LogP contribution in [0.2, 0.25) is 0 Å². The standard InChI is InChI=1S/C24H25NO4S/c1-5-17-9-11-18(12-10-17)19-14-30-23(21(19)24(27)28-4)25-20(26)13-29-22-15(2)7-6-8-16(22)3/h6-12,14H,5,13H2,1-4H3,(H,25,26). The first-order valence-electron chi connectivity index (χ1n) is 9.72. The van der Waals surface area contributed by atoms with E-state index in [2.05, 4.69) is 12.2 Å². The highest BCUT2D eigenvalue weighted by atomic mass is 32.1. The van der Waals surface area contributed by atoms with Gasteiger partial charge in [0.1, 0.15) is 16.3 Å². The van der Waals surface area contributed by atoms with Gasteiger partial charge in [-0.15, -0.1) is 11.3 Å². The van der Waals surface area contributed by atoms with Gasteiger partial charge in [0, 0.05) is 10.9 Å². The minimum Gasteiger partial charge on any atom is -0.483 e. The molecule has 0 fully saturated rings. The molecule has 0 aliphatic heterocycles. The predicted molar refractivity (Wildman–Crippen MR) is 121 cm³/mol. The van der Waals surface area contributed by atoms with Gasteiger partial charge < -0.3 is 14.8 Å². The molecule has 6 heteroatoms. The summed E-state index contributed by atoms with van der Waals surface area (Å²) >= 11 is 1.29. The summed E-state index contributed by atoms with van der Waals surface area (Å²) < 4.78 is 10.7. The third kappa shape index (κ3) is 4.71. The minimum atomic E-state index is -0.489. The van der Waals surface area contributed by atoms with Crippen molar-refractivity contribution in [3.8, 4) is 16.9 Å². The number of carbonyl (C=O) groups is 2. The number of thiophene rings is 1. The van der Waals surface area contributed by atoms with Crippen molar-refractivity contribution in [1.29, 1.82) is 0 Å². The fourth-order valence-electron chi connectivity index (χ4n) is 3.21. The molecule has 0 bridgehead atoms. The molecule has 0 aliphatic rings. The Morgan fingerprint density at radius 2 is 1.70 bits per heavy atom. The second-order valence-corrected chi connectivity index (χ2v) is 7.83. The van der Waals surface area contributed by atoms with Crippen LogP contribution in [0.5, 0.6) is 5.75 Å². The molecule has 156 valence electrons. The fourth-order valence-corrected chi connectivity index (χ4v) is 4.19. The number of esters is 1. The summed E-state index contributed by atoms with van der Waals surface area (Å²) in [6.45, 7) is 5.81. The van der Waals surface area contributed by atoms with Gasteiger partial charge in [-0.25, -0.2) is 4.79 Å². The second-order valence-electron chi connectivity index (χ2n) is 6.95. The summed E-state index contributed by atoms with van der Waals surface area (Å²) in [6, 6.07) is 13.8. The van der Waals surface area contributed by atoms with Gasteiger partial charge in [-0.1, -0.05) is 49.4 Å². The number of hydrogen-bond acceptors (Lipinski definition) is 5. The van der Waals surface area contributed by atoms with E-state index in [4.69, 9.17) is 9.47 Å². The number of aryl methyl sites for hydroxylation is 3. The van der Waals surface area contributed by atoms with Gasteiger partial charge in [-0.05, 0) is 42.5 Å². The monoisotopic (exact) mass is 423 g/mol. The molecule has 0 aliphatic carbocycles. The number of carbonyl (C=O) groups excluding carboxylic acids is 2. The quantitative estimate of drug-likeness (QED) is 0.517. The van der Waals surface area contributed by atoms with E-state index in [0.29, 0.717) is 16.3 Å². The normalized spacial score (nSPS) is 10.5. The molecule has 0 saturated heterocycles. The van der Waals surface area contributed by atoms with E-state index in [-0.39, 0.29) is 12.5 Å². The molecule has 1 amide bonds. The molecule has 0 unspecified atom stereocenters. The van der Waals surface area contributed by atoms with Crippen LogP contribution in [0, 0.1) is 13.8 Å². The molecule has 0 radical (unpaired) electrons. The zero-order chi connectivity index (χ0) is 21.7. The lowest BCUT2D eigenvalue weighted by molar-refractivity contribution is -0.118. The zero-order valence-corrected chi connectivity index (χ0v) is 18.4. The Bertz CT molecular complexity index is 1030. The Kier molecular flexibility index (Phi) is 6.90. The number of benzene rings is 2. The number of amides is 1. The zero-order valence-electron chi connectivity index (χ0n) is 17.6. The number of nitrogens with one attached hydrogen (secondary N) is 1. The van der Waals surface area contributed by atoms with Crippen LogP contribution in [0.4, 0.5) is 5.00 Å². The van der Waals surface area contributed by atoms with Crippen LogP contribution < -0.4 is 10.1 Å². The van der Waals surface area contributed by atoms with Crippen molar-refractivity contribution in [3.05, 3.63) is 70.1 Å². The van der Waals surface area contributed by atoms with Gasteiger partial charge in [0.15, 0.2) is 6.61 Å². The number of para-hydroxylation sites is 1. The van der Waals surface area contributed by atoms with Crippen molar-refractivity contribution < 1.29 is 19.1 Å². The largest absolute Gasteiger partial charge is 0.483 e. The first-order valence-corrected chi connectivity index (χ1v) is 10.6. The average molecular weight is 424 g/mol. The van der Waals surface area contributed by atoms with E-state index in [0.717, 1.165) is 28.7 Å². The summed E-state index contributed by atoms with van der Waals surface area (Å²) in [5.41, 5.74) is 5.13. The van der Waals surface area contributed by atoms with Crippen LogP contribution in [0.15, 0.2) is 47.8 Å². The highest BCUT2D eigenvalue weighted by Crippen LogP contribution is 2.36. The first kappa shape index (κ1) is 21.6. The van der Waals surface area contributed by atoms with Crippen molar-refractivity contribution >= 4 is 28.2 Å². The highest BCUT2D eigenvalue weighted by Gasteiger charge is 2.22. The topological polar surface area (TPSA) is 64.6 Å². The maximum absolute atomic E-state index is 12.5. The van der Waals surface area contributed by atoms with Gasteiger partial charge in [0.25, 0.3) is 5.91 Å². The van der Waals surface area contributed by atoms with Gasteiger partial charge in [-0.3, -0.25) is 4.79 Å². The minimum absolute atomic E-state index is 0.148. The molecule has 2 aromatic carbocycles. The van der Waals surface area contributed by atoms with E-state index in [1.165, 1.54) is 24.0 Å². The Balaban J connectivity index is 1.80. The third-order valence-electron chi connectivity index (χ3n) is 4.86. The molecular weight excluding hydrogens is 398 g/mol. The van der Waals surface area contributed by atoms with Crippen LogP contribution >= 0.6 is 11.3 Å². The number of ether oxygens (including phenoxy) is 2. The Morgan fingerprint density at radius 1 is 1.03 bits per heavy atom. The molecule has 1 heterocycles. The molecule has 3 aromatic rings. The van der Waals surface area contributed by atoms with E-state index < -0.39 is 5.97 Å². The van der Waals surface area contributed by atoms with Crippen molar-refractivity contribution in [2.75, 3.05) is 19.0 Å². The average Bonchev–Trinajstić information content (AvgIpc) is 3.16. The highest BCUT2D eigenvalue weighted by molar-refractivity contribution is 7.15. The van der Waals surface area contributed by atoms with Gasteiger partial charge in [0.05, 0.1) is 7.11 Å². The van der Waals surface area contributed by atoms with E-state index >= 15 is 0 Å². The number of anilines is 1. The van der Waals surface area contributed by atoms with Crippen LogP contribution in [0.1, 0.15) is 34.0 Å². The lowest BCUT2D eigenvalue weighted by atomic mass is 10.0. The summed E-state index contributed by atoms with van der Waals surface area (Å²) in [4.78, 5) is 25.0. The van der Waals surface area contributed by atoms with Gasteiger partial charge in [0.2, 0.25) is 0 Å². The summed E-state index contributed by atoms with van der Waals surface area (Å²) in [6.07, 6.45) is 0.940. The van der Waals surface area contributed by atoms with Crippen molar-refractivity contribution in [3.63, 3.8) is 0 Å². The molecule has 0 spiro atoms. The van der Waals surface area contributed by atoms with Gasteiger partial charge in [-0.2, -0.15) is 0 Å². The lowest BCUT2D eigenvalue weighted by Gasteiger charge is -2.12. The molecule has 5 nitrogen and oxygen atoms in total. The van der Waals surface area contributed by atoms with Crippen molar-refractivity contribution in [2.45, 2.75) is 27.2 Å². The summed E-state index contributed by atoms with van der Waals surface area (Å²) in [5.74, 6) is -0.127. The fraction of sp³-hybridized carbons (Fsp3) is 0.250. The molecule has 1 aromatic heterocycles. The summed E-state index contributed by atoms with van der Waals surface area (Å²) in [5, 5.41) is 5.11. The second kappa shape index (κ2) is 9.59. The summed E-state index contributed by atoms with van der Waals surface area (Å²) in [7, 11) is 1.33. The van der Waals surface area contributed by atoms with Crippen LogP contribution in [-0.2, 0) is 16.0 Å². The molecule has 30 heavy (non-hydrogen) atoms. The van der Waals surface area contributed by atoms with E-state index in [1.54, 1.807) is 0 Å². The molecule has 0 atom stereocenters. The maximum atomic E-state index is 12.5. The maximum Gasteiger partial charge on any atom is 0.341 e. The Hall–Kier alpha value is -3.12. The number of hydrogen-bond donors (Lipinski definition) is 1. The Labute approximate surface area is 180 Å². The molecular formula is C24H25NO4S. The van der Waals surface area contributed by atoms with E-state index in [1.807, 2.05) is 61.7 Å². The van der Waals surface area contributed by atoms with Crippen LogP contribution in [-0.4, -0.2) is 25.6 Å². The molecule has 3 rings (SSSR count).